The highest BCUT2D eigenvalue weighted by Gasteiger charge is 2.61. The van der Waals surface area contributed by atoms with Crippen LogP contribution in [-0.4, -0.2) is 29.8 Å². The van der Waals surface area contributed by atoms with Crippen molar-refractivity contribution in [1.29, 1.82) is 0 Å². The van der Waals surface area contributed by atoms with Gasteiger partial charge in [-0.05, 0) is 46.0 Å². The van der Waals surface area contributed by atoms with Crippen LogP contribution < -0.4 is 9.47 Å². The summed E-state index contributed by atoms with van der Waals surface area (Å²) < 4.78 is 10.7. The molecule has 0 N–H and O–H groups in total. The number of hydrazone groups is 1. The second-order valence-corrected chi connectivity index (χ2v) is 8.61. The topological polar surface area (TPSA) is 68.2 Å². The summed E-state index contributed by atoms with van der Waals surface area (Å²) in [5.41, 5.74) is 5.35. The predicted octanol–water partition coefficient (Wildman–Crippen LogP) is 3.64. The minimum atomic E-state index is -0.425. The first-order chi connectivity index (χ1) is 15.7. The number of imide groups is 1. The molecule has 6 nitrogen and oxygen atoms in total. The lowest BCUT2D eigenvalue weighted by molar-refractivity contribution is -0.139. The van der Waals surface area contributed by atoms with E-state index >= 15 is 0 Å². The Morgan fingerprint density at radius 1 is 0.750 bits per heavy atom. The third kappa shape index (κ3) is 2.21. The van der Waals surface area contributed by atoms with Gasteiger partial charge in [0.15, 0.2) is 11.5 Å². The van der Waals surface area contributed by atoms with E-state index in [1.807, 2.05) is 30.3 Å². The summed E-state index contributed by atoms with van der Waals surface area (Å²) in [6, 6.07) is 21.8. The van der Waals surface area contributed by atoms with Crippen LogP contribution in [0.4, 0.5) is 0 Å². The van der Waals surface area contributed by atoms with Crippen LogP contribution in [0.15, 0.2) is 71.8 Å². The summed E-state index contributed by atoms with van der Waals surface area (Å²) in [5, 5.41) is 5.42. The molecule has 3 aliphatic carbocycles. The minimum Gasteiger partial charge on any atom is -0.454 e. The van der Waals surface area contributed by atoms with E-state index < -0.39 is 11.8 Å². The molecule has 8 rings (SSSR count). The first-order valence-electron chi connectivity index (χ1n) is 10.7. The van der Waals surface area contributed by atoms with E-state index in [4.69, 9.17) is 9.47 Å². The highest BCUT2D eigenvalue weighted by Crippen LogP contribution is 2.60. The fourth-order valence-corrected chi connectivity index (χ4v) is 5.89. The molecule has 5 aliphatic rings. The van der Waals surface area contributed by atoms with Crippen molar-refractivity contribution < 1.29 is 19.1 Å². The minimum absolute atomic E-state index is 0.125. The molecular formula is C26H18N2O4. The summed E-state index contributed by atoms with van der Waals surface area (Å²) in [4.78, 5) is 27.0. The Bertz CT molecular complexity index is 1230. The van der Waals surface area contributed by atoms with Crippen molar-refractivity contribution in [2.45, 2.75) is 11.8 Å². The van der Waals surface area contributed by atoms with Crippen LogP contribution in [0.1, 0.15) is 39.7 Å². The average Bonchev–Trinajstić information content (AvgIpc) is 3.40. The molecule has 2 heterocycles. The number of benzene rings is 3. The van der Waals surface area contributed by atoms with E-state index in [9.17, 15) is 9.59 Å². The molecule has 3 aromatic carbocycles. The van der Waals surface area contributed by atoms with Crippen LogP contribution >= 0.6 is 0 Å². The van der Waals surface area contributed by atoms with E-state index in [1.54, 1.807) is 12.1 Å². The number of fused-ring (bicyclic) bond motifs is 1. The number of hydrogen-bond donors (Lipinski definition) is 0. The third-order valence-electron chi connectivity index (χ3n) is 7.14. The van der Waals surface area contributed by atoms with Gasteiger partial charge in [0.25, 0.3) is 11.8 Å². The van der Waals surface area contributed by atoms with Gasteiger partial charge in [0, 0.05) is 11.8 Å². The lowest BCUT2D eigenvalue weighted by Gasteiger charge is -2.45. The second-order valence-electron chi connectivity index (χ2n) is 8.61. The van der Waals surface area contributed by atoms with Crippen molar-refractivity contribution in [2.24, 2.45) is 16.9 Å². The lowest BCUT2D eigenvalue weighted by Crippen LogP contribution is -2.41. The molecule has 2 amide bonds. The van der Waals surface area contributed by atoms with Gasteiger partial charge in [-0.3, -0.25) is 9.59 Å². The first-order valence-corrected chi connectivity index (χ1v) is 10.7. The number of rotatable bonds is 2. The van der Waals surface area contributed by atoms with E-state index in [2.05, 4.69) is 29.4 Å². The van der Waals surface area contributed by atoms with Crippen molar-refractivity contribution >= 4 is 18.0 Å². The molecule has 2 atom stereocenters. The van der Waals surface area contributed by atoms with Crippen LogP contribution in [0.3, 0.4) is 0 Å². The number of amides is 2. The highest BCUT2D eigenvalue weighted by molar-refractivity contribution is 6.08. The van der Waals surface area contributed by atoms with Crippen molar-refractivity contribution in [2.75, 3.05) is 6.79 Å². The standard InChI is InChI=1S/C26H18N2O4/c29-25-23-21-15-5-1-2-6-16(15)22(18-8-4-3-7-17(18)21)24(23)26(30)28(25)27-12-14-9-10-19-20(11-14)32-13-31-19/h1-12,21-24H,13H2/b27-12+. The summed E-state index contributed by atoms with van der Waals surface area (Å²) in [5.74, 6) is -0.247. The summed E-state index contributed by atoms with van der Waals surface area (Å²) in [6.45, 7) is 0.187. The van der Waals surface area contributed by atoms with E-state index in [0.29, 0.717) is 11.5 Å². The van der Waals surface area contributed by atoms with Gasteiger partial charge in [0.05, 0.1) is 18.1 Å². The average molecular weight is 422 g/mol. The number of ether oxygens (including phenoxy) is 2. The van der Waals surface area contributed by atoms with Crippen molar-refractivity contribution in [3.8, 4) is 11.5 Å². The number of carbonyl (C=O) groups is 2. The van der Waals surface area contributed by atoms with Crippen LogP contribution in [0.25, 0.3) is 0 Å². The molecule has 0 aromatic heterocycles. The molecule has 0 saturated carbocycles. The van der Waals surface area contributed by atoms with Crippen LogP contribution in [0.2, 0.25) is 0 Å². The van der Waals surface area contributed by atoms with Gasteiger partial charge in [-0.15, -0.1) is 0 Å². The van der Waals surface area contributed by atoms with Gasteiger partial charge < -0.3 is 9.47 Å². The quantitative estimate of drug-likeness (QED) is 0.467. The Morgan fingerprint density at radius 2 is 1.28 bits per heavy atom. The SMILES string of the molecule is O=C1C2C3c4ccccc4C(c4ccccc43)C2C(=O)N1/N=C/c1ccc2c(c1)OCO2. The molecule has 156 valence electrons. The normalized spacial score (nSPS) is 26.4. The molecule has 6 heteroatoms. The van der Waals surface area contributed by atoms with Crippen LogP contribution in [0, 0.1) is 11.8 Å². The maximum Gasteiger partial charge on any atom is 0.254 e. The van der Waals surface area contributed by atoms with Gasteiger partial charge in [0.1, 0.15) is 0 Å². The lowest BCUT2D eigenvalue weighted by atomic mass is 9.55. The Balaban J connectivity index is 1.30. The molecule has 2 bridgehead atoms. The molecule has 2 aliphatic heterocycles. The molecule has 0 radical (unpaired) electrons. The van der Waals surface area contributed by atoms with E-state index in [-0.39, 0.29) is 30.4 Å². The molecule has 2 unspecified atom stereocenters. The zero-order valence-electron chi connectivity index (χ0n) is 17.0. The summed E-state index contributed by atoms with van der Waals surface area (Å²) in [6.07, 6.45) is 1.54. The number of carbonyl (C=O) groups excluding carboxylic acids is 2. The Hall–Kier alpha value is -3.93. The second kappa shape index (κ2) is 6.29. The predicted molar refractivity (Wildman–Crippen MR) is 116 cm³/mol. The van der Waals surface area contributed by atoms with Crippen LogP contribution in [0.5, 0.6) is 11.5 Å². The van der Waals surface area contributed by atoms with Gasteiger partial charge in [0.2, 0.25) is 6.79 Å². The van der Waals surface area contributed by atoms with E-state index in [0.717, 1.165) is 32.8 Å². The monoisotopic (exact) mass is 422 g/mol. The molecule has 32 heavy (non-hydrogen) atoms. The third-order valence-corrected chi connectivity index (χ3v) is 7.14. The van der Waals surface area contributed by atoms with Crippen molar-refractivity contribution in [1.82, 2.24) is 5.01 Å². The van der Waals surface area contributed by atoms with Gasteiger partial charge in [-0.25, -0.2) is 0 Å². The van der Waals surface area contributed by atoms with Gasteiger partial charge >= 0.3 is 0 Å². The Kier molecular flexibility index (Phi) is 3.48. The first kappa shape index (κ1) is 17.7. The highest BCUT2D eigenvalue weighted by atomic mass is 16.7. The molecular weight excluding hydrogens is 404 g/mol. The van der Waals surface area contributed by atoms with Gasteiger partial charge in [-0.1, -0.05) is 48.5 Å². The van der Waals surface area contributed by atoms with Crippen LogP contribution in [-0.2, 0) is 9.59 Å². The Morgan fingerprint density at radius 3 is 1.84 bits per heavy atom. The fourth-order valence-electron chi connectivity index (χ4n) is 5.89. The molecule has 3 aromatic rings. The fraction of sp³-hybridized carbons (Fsp3) is 0.192. The molecule has 1 saturated heterocycles. The Labute approximate surface area is 184 Å². The molecule has 1 fully saturated rings. The number of nitrogens with zero attached hydrogens (tertiary/aromatic N) is 2. The smallest absolute Gasteiger partial charge is 0.254 e. The molecule has 0 spiro atoms. The van der Waals surface area contributed by atoms with Crippen molar-refractivity contribution in [3.63, 3.8) is 0 Å². The van der Waals surface area contributed by atoms with Crippen molar-refractivity contribution in [3.05, 3.63) is 94.5 Å². The number of hydrogen-bond acceptors (Lipinski definition) is 5. The van der Waals surface area contributed by atoms with E-state index in [1.165, 1.54) is 6.21 Å². The largest absolute Gasteiger partial charge is 0.454 e. The zero-order chi connectivity index (χ0) is 21.4. The zero-order valence-corrected chi connectivity index (χ0v) is 17.0. The maximum absolute atomic E-state index is 13.5. The summed E-state index contributed by atoms with van der Waals surface area (Å²) >= 11 is 0. The van der Waals surface area contributed by atoms with Gasteiger partial charge in [-0.2, -0.15) is 10.1 Å². The summed E-state index contributed by atoms with van der Waals surface area (Å²) in [7, 11) is 0. The maximum atomic E-state index is 13.5.